The van der Waals surface area contributed by atoms with Gasteiger partial charge in [0.05, 0.1) is 5.88 Å². The zero-order valence-corrected chi connectivity index (χ0v) is 7.37. The molecule has 0 aliphatic carbocycles. The van der Waals surface area contributed by atoms with Crippen molar-refractivity contribution >= 4 is 11.6 Å². The molecule has 0 fully saturated rings. The zero-order chi connectivity index (χ0) is 8.43. The molecule has 0 saturated heterocycles. The predicted molar refractivity (Wildman–Crippen MR) is 45.4 cm³/mol. The summed E-state index contributed by atoms with van der Waals surface area (Å²) in [5.41, 5.74) is 2.63. The molecule has 0 spiro atoms. The zero-order valence-electron chi connectivity index (χ0n) is 6.62. The van der Waals surface area contributed by atoms with E-state index in [1.54, 1.807) is 6.07 Å². The monoisotopic (exact) mass is 172 g/mol. The minimum atomic E-state index is -0.205. The second kappa shape index (κ2) is 3.22. The molecule has 0 saturated carbocycles. The molecule has 11 heavy (non-hydrogen) atoms. The van der Waals surface area contributed by atoms with Gasteiger partial charge in [-0.3, -0.25) is 0 Å². The van der Waals surface area contributed by atoms with Crippen molar-refractivity contribution in [1.29, 1.82) is 0 Å². The van der Waals surface area contributed by atoms with Crippen LogP contribution in [0.15, 0.2) is 12.1 Å². The van der Waals surface area contributed by atoms with Gasteiger partial charge in [-0.2, -0.15) is 0 Å². The minimum absolute atomic E-state index is 0.205. The summed E-state index contributed by atoms with van der Waals surface area (Å²) in [5, 5.41) is 0. The van der Waals surface area contributed by atoms with Gasteiger partial charge in [-0.1, -0.05) is 6.07 Å². The van der Waals surface area contributed by atoms with Crippen LogP contribution in [0, 0.1) is 19.7 Å². The summed E-state index contributed by atoms with van der Waals surface area (Å²) in [5.74, 6) is 0.0375. The fourth-order valence-electron chi connectivity index (χ4n) is 0.943. The fraction of sp³-hybridized carbons (Fsp3) is 0.333. The lowest BCUT2D eigenvalue weighted by molar-refractivity contribution is 0.615. The first kappa shape index (κ1) is 8.54. The molecule has 0 radical (unpaired) electrons. The number of aryl methyl sites for hydroxylation is 2. The average molecular weight is 173 g/mol. The topological polar surface area (TPSA) is 0 Å². The minimum Gasteiger partial charge on any atom is -0.207 e. The van der Waals surface area contributed by atoms with E-state index in [4.69, 9.17) is 11.6 Å². The smallest absolute Gasteiger partial charge is 0.127 e. The Balaban J connectivity index is 3.21. The SMILES string of the molecule is Cc1cc(F)c(CCl)cc1C. The molecular formula is C9H10ClF. The highest BCUT2D eigenvalue weighted by Gasteiger charge is 2.02. The molecule has 0 amide bonds. The van der Waals surface area contributed by atoms with Crippen LogP contribution in [0.5, 0.6) is 0 Å². The lowest BCUT2D eigenvalue weighted by Gasteiger charge is -2.03. The third-order valence-electron chi connectivity index (χ3n) is 1.81. The van der Waals surface area contributed by atoms with Crippen molar-refractivity contribution in [3.8, 4) is 0 Å². The van der Waals surface area contributed by atoms with Gasteiger partial charge >= 0.3 is 0 Å². The molecular weight excluding hydrogens is 163 g/mol. The van der Waals surface area contributed by atoms with Gasteiger partial charge in [-0.15, -0.1) is 11.6 Å². The Labute approximate surface area is 71.0 Å². The van der Waals surface area contributed by atoms with Gasteiger partial charge in [-0.05, 0) is 31.0 Å². The Morgan fingerprint density at radius 1 is 1.27 bits per heavy atom. The molecule has 0 aromatic heterocycles. The van der Waals surface area contributed by atoms with E-state index in [1.165, 1.54) is 6.07 Å². The summed E-state index contributed by atoms with van der Waals surface area (Å²) in [7, 11) is 0. The second-order valence-electron chi connectivity index (χ2n) is 2.66. The van der Waals surface area contributed by atoms with Crippen LogP contribution in [-0.4, -0.2) is 0 Å². The third-order valence-corrected chi connectivity index (χ3v) is 2.09. The normalized spacial score (nSPS) is 10.2. The highest BCUT2D eigenvalue weighted by atomic mass is 35.5. The average Bonchev–Trinajstić information content (AvgIpc) is 1.97. The number of benzene rings is 1. The Hall–Kier alpha value is -0.560. The van der Waals surface area contributed by atoms with Crippen LogP contribution in [0.2, 0.25) is 0 Å². The predicted octanol–water partition coefficient (Wildman–Crippen LogP) is 3.18. The summed E-state index contributed by atoms with van der Waals surface area (Å²) < 4.78 is 12.9. The first-order chi connectivity index (χ1) is 5.15. The van der Waals surface area contributed by atoms with Crippen molar-refractivity contribution < 1.29 is 4.39 Å². The molecule has 1 aromatic carbocycles. The van der Waals surface area contributed by atoms with Gasteiger partial charge in [0.2, 0.25) is 0 Å². The molecule has 0 N–H and O–H groups in total. The van der Waals surface area contributed by atoms with Crippen molar-refractivity contribution in [2.45, 2.75) is 19.7 Å². The lowest BCUT2D eigenvalue weighted by Crippen LogP contribution is -1.90. The van der Waals surface area contributed by atoms with Gasteiger partial charge in [-0.25, -0.2) is 4.39 Å². The van der Waals surface area contributed by atoms with Crippen LogP contribution in [-0.2, 0) is 5.88 Å². The highest BCUT2D eigenvalue weighted by Crippen LogP contribution is 2.15. The number of hydrogen-bond acceptors (Lipinski definition) is 0. The van der Waals surface area contributed by atoms with E-state index in [-0.39, 0.29) is 11.7 Å². The van der Waals surface area contributed by atoms with Gasteiger partial charge in [0.15, 0.2) is 0 Å². The number of hydrogen-bond donors (Lipinski definition) is 0. The van der Waals surface area contributed by atoms with E-state index < -0.39 is 0 Å². The van der Waals surface area contributed by atoms with E-state index in [1.807, 2.05) is 13.8 Å². The molecule has 0 aliphatic rings. The molecule has 0 atom stereocenters. The first-order valence-corrected chi connectivity index (χ1v) is 4.00. The summed E-state index contributed by atoms with van der Waals surface area (Å²) >= 11 is 5.52. The van der Waals surface area contributed by atoms with Crippen molar-refractivity contribution in [2.75, 3.05) is 0 Å². The van der Waals surface area contributed by atoms with Crippen molar-refractivity contribution in [1.82, 2.24) is 0 Å². The Morgan fingerprint density at radius 2 is 1.82 bits per heavy atom. The van der Waals surface area contributed by atoms with E-state index in [9.17, 15) is 4.39 Å². The van der Waals surface area contributed by atoms with Crippen LogP contribution in [0.4, 0.5) is 4.39 Å². The molecule has 1 rings (SSSR count). The summed E-state index contributed by atoms with van der Waals surface area (Å²) in [4.78, 5) is 0. The highest BCUT2D eigenvalue weighted by molar-refractivity contribution is 6.17. The van der Waals surface area contributed by atoms with Crippen LogP contribution < -0.4 is 0 Å². The van der Waals surface area contributed by atoms with Crippen molar-refractivity contribution in [3.05, 3.63) is 34.6 Å². The van der Waals surface area contributed by atoms with E-state index in [0.29, 0.717) is 5.56 Å². The molecule has 0 aliphatic heterocycles. The maximum absolute atomic E-state index is 12.9. The summed E-state index contributed by atoms with van der Waals surface area (Å²) in [6, 6.07) is 3.31. The molecule has 2 heteroatoms. The fourth-order valence-corrected chi connectivity index (χ4v) is 1.15. The molecule has 0 heterocycles. The molecule has 0 unspecified atom stereocenters. The van der Waals surface area contributed by atoms with Crippen molar-refractivity contribution in [2.24, 2.45) is 0 Å². The quantitative estimate of drug-likeness (QED) is 0.571. The number of halogens is 2. The van der Waals surface area contributed by atoms with Crippen LogP contribution in [0.1, 0.15) is 16.7 Å². The maximum Gasteiger partial charge on any atom is 0.127 e. The van der Waals surface area contributed by atoms with Gasteiger partial charge < -0.3 is 0 Å². The number of rotatable bonds is 1. The summed E-state index contributed by atoms with van der Waals surface area (Å²) in [6.07, 6.45) is 0. The largest absolute Gasteiger partial charge is 0.207 e. The molecule has 1 aromatic rings. The van der Waals surface area contributed by atoms with Crippen molar-refractivity contribution in [3.63, 3.8) is 0 Å². The second-order valence-corrected chi connectivity index (χ2v) is 2.93. The molecule has 0 bridgehead atoms. The molecule has 0 nitrogen and oxygen atoms in total. The van der Waals surface area contributed by atoms with Gasteiger partial charge in [0, 0.05) is 5.56 Å². The van der Waals surface area contributed by atoms with Crippen LogP contribution >= 0.6 is 11.6 Å². The Bertz CT molecular complexity index is 269. The maximum atomic E-state index is 12.9. The number of alkyl halides is 1. The molecule has 60 valence electrons. The lowest BCUT2D eigenvalue weighted by atomic mass is 10.1. The first-order valence-electron chi connectivity index (χ1n) is 3.46. The van der Waals surface area contributed by atoms with Gasteiger partial charge in [0.1, 0.15) is 5.82 Å². The standard InChI is InChI=1S/C9H10ClF/c1-6-3-8(5-10)9(11)4-7(6)2/h3-4H,5H2,1-2H3. The Kier molecular flexibility index (Phi) is 2.50. The Morgan fingerprint density at radius 3 is 2.36 bits per heavy atom. The van der Waals surface area contributed by atoms with Gasteiger partial charge in [0.25, 0.3) is 0 Å². The van der Waals surface area contributed by atoms with E-state index in [0.717, 1.165) is 11.1 Å². The van der Waals surface area contributed by atoms with Crippen LogP contribution in [0.25, 0.3) is 0 Å². The third kappa shape index (κ3) is 1.72. The van der Waals surface area contributed by atoms with E-state index in [2.05, 4.69) is 0 Å². The van der Waals surface area contributed by atoms with Crippen LogP contribution in [0.3, 0.4) is 0 Å². The van der Waals surface area contributed by atoms with E-state index >= 15 is 0 Å². The summed E-state index contributed by atoms with van der Waals surface area (Å²) in [6.45, 7) is 3.83.